The Bertz CT molecular complexity index is 236. The van der Waals surface area contributed by atoms with Crippen molar-refractivity contribution in [1.29, 1.82) is 0 Å². The minimum absolute atomic E-state index is 0.554. The van der Waals surface area contributed by atoms with Crippen LogP contribution in [0.25, 0.3) is 0 Å². The van der Waals surface area contributed by atoms with Crippen molar-refractivity contribution in [1.82, 2.24) is 5.32 Å². The Labute approximate surface area is 85.3 Å². The van der Waals surface area contributed by atoms with E-state index >= 15 is 0 Å². The zero-order valence-corrected chi connectivity index (χ0v) is 7.78. The summed E-state index contributed by atoms with van der Waals surface area (Å²) in [5, 5.41) is 38.9. The molecular formula is C7H14N2O6. The molecule has 1 rings (SSSR count). The van der Waals surface area contributed by atoms with Gasteiger partial charge in [0.15, 0.2) is 6.23 Å². The second-order valence-corrected chi connectivity index (χ2v) is 3.26. The van der Waals surface area contributed by atoms with E-state index in [0.29, 0.717) is 0 Å². The summed E-state index contributed by atoms with van der Waals surface area (Å²) in [6, 6.07) is -0.945. The molecule has 1 aliphatic heterocycles. The van der Waals surface area contributed by atoms with Gasteiger partial charge < -0.3 is 36.2 Å². The molecule has 0 radical (unpaired) electrons. The Balaban J connectivity index is 2.69. The number of carbonyl (C=O) groups excluding carboxylic acids is 1. The maximum atomic E-state index is 10.5. The minimum Gasteiger partial charge on any atom is -0.394 e. The van der Waals surface area contributed by atoms with Crippen LogP contribution in [-0.2, 0) is 4.74 Å². The smallest absolute Gasteiger partial charge is 0.314 e. The maximum Gasteiger partial charge on any atom is 0.314 e. The molecule has 1 aliphatic rings. The molecule has 0 spiro atoms. The lowest BCUT2D eigenvalue weighted by Crippen LogP contribution is -2.63. The molecule has 0 aliphatic carbocycles. The molecule has 8 heteroatoms. The topological polar surface area (TPSA) is 145 Å². The molecule has 5 atom stereocenters. The lowest BCUT2D eigenvalue weighted by molar-refractivity contribution is -0.233. The van der Waals surface area contributed by atoms with E-state index in [1.54, 1.807) is 0 Å². The zero-order chi connectivity index (χ0) is 11.6. The Morgan fingerprint density at radius 1 is 1.27 bits per heavy atom. The molecule has 88 valence electrons. The van der Waals surface area contributed by atoms with Crippen LogP contribution in [0.2, 0.25) is 0 Å². The van der Waals surface area contributed by atoms with E-state index in [0.717, 1.165) is 0 Å². The largest absolute Gasteiger partial charge is 0.394 e. The summed E-state index contributed by atoms with van der Waals surface area (Å²) in [7, 11) is 0. The first-order valence-electron chi connectivity index (χ1n) is 4.34. The fourth-order valence-corrected chi connectivity index (χ4v) is 1.36. The predicted octanol–water partition coefficient (Wildman–Crippen LogP) is -3.55. The van der Waals surface area contributed by atoms with Gasteiger partial charge in [0.1, 0.15) is 24.4 Å². The third-order valence-corrected chi connectivity index (χ3v) is 2.18. The zero-order valence-electron chi connectivity index (χ0n) is 7.78. The summed E-state index contributed by atoms with van der Waals surface area (Å²) in [5.41, 5.74) is 4.80. The quantitative estimate of drug-likeness (QED) is 0.285. The molecule has 1 heterocycles. The lowest BCUT2D eigenvalue weighted by atomic mass is 9.98. The standard InChI is InChI=1S/C7H14N2O6/c8-7(14)9-6-5(13)4(12)3(11)2(1-10)15-6/h2-6,10-13H,1H2,(H3,8,9,14)/t2-,3-,4-,5-,6+/m0/s1. The number of urea groups is 1. The fourth-order valence-electron chi connectivity index (χ4n) is 1.36. The molecule has 1 fully saturated rings. The van der Waals surface area contributed by atoms with Crippen LogP contribution in [0.1, 0.15) is 0 Å². The van der Waals surface area contributed by atoms with E-state index in [2.05, 4.69) is 0 Å². The van der Waals surface area contributed by atoms with Gasteiger partial charge in [0, 0.05) is 0 Å². The molecule has 2 amide bonds. The molecule has 15 heavy (non-hydrogen) atoms. The van der Waals surface area contributed by atoms with Gasteiger partial charge in [-0.3, -0.25) is 0 Å². The number of nitrogens with one attached hydrogen (secondary N) is 1. The summed E-state index contributed by atoms with van der Waals surface area (Å²) >= 11 is 0. The van der Waals surface area contributed by atoms with Crippen molar-refractivity contribution in [3.05, 3.63) is 0 Å². The summed E-state index contributed by atoms with van der Waals surface area (Å²) in [5.74, 6) is 0. The van der Waals surface area contributed by atoms with Gasteiger partial charge in [-0.2, -0.15) is 0 Å². The van der Waals surface area contributed by atoms with Crippen LogP contribution in [0.3, 0.4) is 0 Å². The molecule has 0 saturated carbocycles. The average molecular weight is 222 g/mol. The highest BCUT2D eigenvalue weighted by Crippen LogP contribution is 2.19. The number of aliphatic hydroxyl groups is 4. The Hall–Kier alpha value is -0.930. The van der Waals surface area contributed by atoms with Gasteiger partial charge in [-0.15, -0.1) is 0 Å². The fraction of sp³-hybridized carbons (Fsp3) is 0.857. The van der Waals surface area contributed by atoms with Crippen LogP contribution >= 0.6 is 0 Å². The molecule has 0 aromatic heterocycles. The Morgan fingerprint density at radius 3 is 2.33 bits per heavy atom. The second kappa shape index (κ2) is 4.73. The van der Waals surface area contributed by atoms with Crippen molar-refractivity contribution in [2.45, 2.75) is 30.6 Å². The third-order valence-electron chi connectivity index (χ3n) is 2.18. The third kappa shape index (κ3) is 2.55. The Kier molecular flexibility index (Phi) is 3.83. The van der Waals surface area contributed by atoms with Gasteiger partial charge in [-0.25, -0.2) is 4.79 Å². The summed E-state index contributed by atoms with van der Waals surface area (Å²) in [6.45, 7) is -0.554. The van der Waals surface area contributed by atoms with Crippen molar-refractivity contribution in [2.75, 3.05) is 6.61 Å². The van der Waals surface area contributed by atoms with Crippen LogP contribution < -0.4 is 11.1 Å². The SMILES string of the molecule is NC(=O)N[C@@H]1O[C@@H](CO)[C@H](O)[C@H](O)[C@@H]1O. The van der Waals surface area contributed by atoms with E-state index in [-0.39, 0.29) is 0 Å². The first-order valence-corrected chi connectivity index (χ1v) is 4.34. The second-order valence-electron chi connectivity index (χ2n) is 3.26. The monoisotopic (exact) mass is 222 g/mol. The highest BCUT2D eigenvalue weighted by Gasteiger charge is 2.43. The highest BCUT2D eigenvalue weighted by molar-refractivity contribution is 5.71. The number of carbonyl (C=O) groups is 1. The first kappa shape index (κ1) is 12.1. The number of hydrogen-bond donors (Lipinski definition) is 6. The lowest BCUT2D eigenvalue weighted by Gasteiger charge is -2.39. The van der Waals surface area contributed by atoms with Crippen molar-refractivity contribution < 1.29 is 30.0 Å². The van der Waals surface area contributed by atoms with Crippen molar-refractivity contribution in [3.8, 4) is 0 Å². The van der Waals surface area contributed by atoms with Gasteiger partial charge in [0.05, 0.1) is 6.61 Å². The van der Waals surface area contributed by atoms with Crippen LogP contribution in [-0.4, -0.2) is 63.7 Å². The van der Waals surface area contributed by atoms with E-state index in [9.17, 15) is 20.1 Å². The number of nitrogens with two attached hydrogens (primary N) is 1. The maximum absolute atomic E-state index is 10.5. The molecule has 1 saturated heterocycles. The summed E-state index contributed by atoms with van der Waals surface area (Å²) in [6.07, 6.45) is -6.78. The minimum atomic E-state index is -1.52. The number of ether oxygens (including phenoxy) is 1. The van der Waals surface area contributed by atoms with Crippen LogP contribution in [0.4, 0.5) is 4.79 Å². The van der Waals surface area contributed by atoms with E-state index < -0.39 is 43.3 Å². The predicted molar refractivity (Wildman–Crippen MR) is 46.5 cm³/mol. The average Bonchev–Trinajstić information content (AvgIpc) is 2.18. The van der Waals surface area contributed by atoms with Gasteiger partial charge in [0.2, 0.25) is 0 Å². The van der Waals surface area contributed by atoms with E-state index in [4.69, 9.17) is 15.6 Å². The molecule has 0 unspecified atom stereocenters. The van der Waals surface area contributed by atoms with Crippen LogP contribution in [0, 0.1) is 0 Å². The number of aliphatic hydroxyl groups excluding tert-OH is 4. The molecule has 0 bridgehead atoms. The number of primary amides is 1. The van der Waals surface area contributed by atoms with Crippen molar-refractivity contribution >= 4 is 6.03 Å². The normalized spacial score (nSPS) is 41.2. The van der Waals surface area contributed by atoms with Crippen molar-refractivity contribution in [2.24, 2.45) is 5.73 Å². The Morgan fingerprint density at radius 2 is 1.87 bits per heavy atom. The molecular weight excluding hydrogens is 208 g/mol. The van der Waals surface area contributed by atoms with E-state index in [1.807, 2.05) is 5.32 Å². The summed E-state index contributed by atoms with van der Waals surface area (Å²) < 4.78 is 4.92. The van der Waals surface area contributed by atoms with Crippen LogP contribution in [0.5, 0.6) is 0 Å². The highest BCUT2D eigenvalue weighted by atomic mass is 16.6. The first-order chi connectivity index (χ1) is 6.97. The van der Waals surface area contributed by atoms with Crippen LogP contribution in [0.15, 0.2) is 0 Å². The molecule has 0 aromatic carbocycles. The molecule has 7 N–H and O–H groups in total. The molecule has 0 aromatic rings. The number of hydrogen-bond acceptors (Lipinski definition) is 6. The summed E-state index contributed by atoms with van der Waals surface area (Å²) in [4.78, 5) is 10.5. The van der Waals surface area contributed by atoms with Gasteiger partial charge in [-0.05, 0) is 0 Å². The van der Waals surface area contributed by atoms with Crippen molar-refractivity contribution in [3.63, 3.8) is 0 Å². The van der Waals surface area contributed by atoms with Gasteiger partial charge >= 0.3 is 6.03 Å². The van der Waals surface area contributed by atoms with Gasteiger partial charge in [0.25, 0.3) is 0 Å². The number of amides is 2. The van der Waals surface area contributed by atoms with Gasteiger partial charge in [-0.1, -0.05) is 0 Å². The van der Waals surface area contributed by atoms with E-state index in [1.165, 1.54) is 0 Å². The number of rotatable bonds is 2. The molecule has 8 nitrogen and oxygen atoms in total.